The number of carbonyl (C=O) groups is 1. The minimum absolute atomic E-state index is 0.149. The van der Waals surface area contributed by atoms with Crippen molar-refractivity contribution in [2.45, 2.75) is 19.9 Å². The highest BCUT2D eigenvalue weighted by Crippen LogP contribution is 2.30. The predicted molar refractivity (Wildman–Crippen MR) is 155 cm³/mol. The van der Waals surface area contributed by atoms with Crippen LogP contribution in [0.1, 0.15) is 18.5 Å². The number of rotatable bonds is 9. The second kappa shape index (κ2) is 13.4. The van der Waals surface area contributed by atoms with Crippen molar-refractivity contribution in [2.75, 3.05) is 17.2 Å². The molecule has 1 unspecified atom stereocenters. The summed E-state index contributed by atoms with van der Waals surface area (Å²) < 4.78 is 36.9. The highest BCUT2D eigenvalue weighted by Gasteiger charge is 2.11. The molecule has 0 aliphatic carbocycles. The topological polar surface area (TPSA) is 107 Å². The number of anilines is 3. The number of alkyl halides is 2. The van der Waals surface area contributed by atoms with Crippen molar-refractivity contribution in [3.05, 3.63) is 77.0 Å². The van der Waals surface area contributed by atoms with Crippen LogP contribution in [0.25, 0.3) is 10.9 Å². The fourth-order valence-corrected chi connectivity index (χ4v) is 4.32. The third-order valence-electron chi connectivity index (χ3n) is 5.27. The van der Waals surface area contributed by atoms with Crippen molar-refractivity contribution in [1.29, 1.82) is 0 Å². The third-order valence-corrected chi connectivity index (χ3v) is 6.52. The van der Waals surface area contributed by atoms with Crippen LogP contribution in [0, 0.1) is 18.8 Å². The normalized spacial score (nSPS) is 11.0. The van der Waals surface area contributed by atoms with Gasteiger partial charge in [-0.2, -0.15) is 8.78 Å². The summed E-state index contributed by atoms with van der Waals surface area (Å²) in [7, 11) is 0. The Kier molecular flexibility index (Phi) is 9.75. The number of nitrogens with zero attached hydrogens (tertiary/aromatic N) is 3. The Bertz CT molecular complexity index is 1620. The van der Waals surface area contributed by atoms with E-state index < -0.39 is 18.0 Å². The maximum atomic E-state index is 12.8. The van der Waals surface area contributed by atoms with Gasteiger partial charge in [0, 0.05) is 35.4 Å². The number of hydrogen-bond donors (Lipinski definition) is 2. The zero-order chi connectivity index (χ0) is 27.8. The molecule has 0 bridgehead atoms. The molecule has 1 amide bonds. The highest BCUT2D eigenvalue weighted by molar-refractivity contribution is 14.2. The van der Waals surface area contributed by atoms with E-state index >= 15 is 0 Å². The lowest BCUT2D eigenvalue weighted by atomic mass is 10.1. The van der Waals surface area contributed by atoms with Gasteiger partial charge in [0.2, 0.25) is 0 Å². The van der Waals surface area contributed by atoms with Gasteiger partial charge in [0.25, 0.3) is 11.5 Å². The molecule has 2 aromatic carbocycles. The van der Waals surface area contributed by atoms with Crippen LogP contribution in [-0.2, 0) is 9.32 Å². The summed E-state index contributed by atoms with van der Waals surface area (Å²) in [5, 5.41) is 6.67. The molecular formula is C26H21F2IN5O4P. The van der Waals surface area contributed by atoms with Gasteiger partial charge in [-0.3, -0.25) is 14.2 Å². The molecule has 200 valence electrons. The molecule has 0 spiro atoms. The number of aryl methyl sites for hydroxylation is 1. The van der Waals surface area contributed by atoms with E-state index in [1.807, 2.05) is 13.0 Å². The Balaban J connectivity index is 1.49. The highest BCUT2D eigenvalue weighted by atomic mass is 127. The summed E-state index contributed by atoms with van der Waals surface area (Å²) in [6.45, 7) is -0.282. The van der Waals surface area contributed by atoms with Crippen molar-refractivity contribution in [1.82, 2.24) is 14.5 Å². The molecule has 0 saturated heterocycles. The Morgan fingerprint density at radius 1 is 1.15 bits per heavy atom. The Hall–Kier alpha value is -3.66. The van der Waals surface area contributed by atoms with E-state index in [0.717, 1.165) is 17.8 Å². The third kappa shape index (κ3) is 7.69. The number of carbonyl (C=O) groups excluding carboxylic acids is 1. The average molecular weight is 663 g/mol. The smallest absolute Gasteiger partial charge is 0.321 e. The molecule has 0 aliphatic heterocycles. The van der Waals surface area contributed by atoms with Crippen molar-refractivity contribution in [2.24, 2.45) is 0 Å². The molecule has 2 heterocycles. The molecule has 39 heavy (non-hydrogen) atoms. The molecule has 2 N–H and O–H groups in total. The number of nitrogens with one attached hydrogen (secondary N) is 2. The molecule has 4 aromatic rings. The summed E-state index contributed by atoms with van der Waals surface area (Å²) >= 11 is 2.12. The first kappa shape index (κ1) is 28.4. The molecular weight excluding hydrogens is 642 g/mol. The van der Waals surface area contributed by atoms with Gasteiger partial charge < -0.3 is 19.9 Å². The zero-order valence-electron chi connectivity index (χ0n) is 20.4. The van der Waals surface area contributed by atoms with Gasteiger partial charge in [0.1, 0.15) is 23.6 Å². The summed E-state index contributed by atoms with van der Waals surface area (Å²) in [5.74, 6) is 6.00. The molecule has 4 rings (SSSR count). The first-order valence-electron chi connectivity index (χ1n) is 11.4. The van der Waals surface area contributed by atoms with E-state index in [1.54, 1.807) is 30.3 Å². The quantitative estimate of drug-likeness (QED) is 0.0934. The maximum Gasteiger partial charge on any atom is 0.321 e. The zero-order valence-corrected chi connectivity index (χ0v) is 23.5. The van der Waals surface area contributed by atoms with Gasteiger partial charge in [-0.25, -0.2) is 9.97 Å². The molecule has 9 nitrogen and oxygen atoms in total. The van der Waals surface area contributed by atoms with Crippen LogP contribution < -0.4 is 20.9 Å². The lowest BCUT2D eigenvalue weighted by molar-refractivity contribution is -0.111. The number of ether oxygens (including phenoxy) is 1. The number of aromatic nitrogens is 3. The van der Waals surface area contributed by atoms with Crippen LogP contribution in [0.4, 0.5) is 26.0 Å². The average Bonchev–Trinajstić information content (AvgIpc) is 2.90. The lowest BCUT2D eigenvalue weighted by Gasteiger charge is -2.13. The van der Waals surface area contributed by atoms with E-state index in [0.29, 0.717) is 57.9 Å². The van der Waals surface area contributed by atoms with Crippen molar-refractivity contribution in [3.63, 3.8) is 0 Å². The van der Waals surface area contributed by atoms with Gasteiger partial charge in [0.05, 0.1) is 18.6 Å². The number of benzene rings is 2. The van der Waals surface area contributed by atoms with Crippen LogP contribution in [0.3, 0.4) is 0 Å². The van der Waals surface area contributed by atoms with Crippen LogP contribution in [-0.4, -0.2) is 27.0 Å². The van der Waals surface area contributed by atoms with Gasteiger partial charge >= 0.3 is 6.55 Å². The van der Waals surface area contributed by atoms with Gasteiger partial charge in [-0.05, 0) is 82.9 Å². The summed E-state index contributed by atoms with van der Waals surface area (Å²) in [6, 6.07) is 12.8. The lowest BCUT2D eigenvalue weighted by Crippen LogP contribution is -2.18. The van der Waals surface area contributed by atoms with Crippen molar-refractivity contribution < 1.29 is 22.8 Å². The standard InChI is InChI=1S/C26H21F2IN5O4P/c1-16-12-17(6-8-22(16)38-19-9-10-34(26(27)28)24(36)14-19)33-25-20-13-18(5-7-21(20)30-15-31-25)32-23(35)4-2-3-11-37-39-29/h5-10,12-15,26,39H,3,11H2,1H3,(H,32,35)(H,30,31,33). The number of pyridine rings is 1. The first-order chi connectivity index (χ1) is 18.8. The molecule has 13 heteroatoms. The Labute approximate surface area is 236 Å². The van der Waals surface area contributed by atoms with E-state index in [4.69, 9.17) is 9.26 Å². The van der Waals surface area contributed by atoms with Crippen molar-refractivity contribution >= 4 is 62.5 Å². The fourth-order valence-electron chi connectivity index (χ4n) is 3.48. The Morgan fingerprint density at radius 3 is 2.72 bits per heavy atom. The maximum absolute atomic E-state index is 12.8. The second-order valence-electron chi connectivity index (χ2n) is 7.98. The fraction of sp³-hybridized carbons (Fsp3) is 0.154. The SMILES string of the molecule is Cc1cc(Nc2ncnc3ccc(NC(=O)C#CCCOPI)cc23)ccc1Oc1ccn(C(F)F)c(=O)c1. The molecule has 2 aromatic heterocycles. The van der Waals surface area contributed by atoms with Gasteiger partial charge in [-0.15, -0.1) is 0 Å². The van der Waals surface area contributed by atoms with Crippen LogP contribution in [0.15, 0.2) is 65.8 Å². The molecule has 0 saturated carbocycles. The minimum Gasteiger partial charge on any atom is -0.457 e. The summed E-state index contributed by atoms with van der Waals surface area (Å²) in [4.78, 5) is 32.6. The number of amides is 1. The number of fused-ring (bicyclic) bond motifs is 1. The monoisotopic (exact) mass is 663 g/mol. The van der Waals surface area contributed by atoms with E-state index in [2.05, 4.69) is 54.5 Å². The number of halogens is 3. The predicted octanol–water partition coefficient (Wildman–Crippen LogP) is 6.32. The first-order valence-corrected chi connectivity index (χ1v) is 15.4. The van der Waals surface area contributed by atoms with Gasteiger partial charge in [0.15, 0.2) is 0 Å². The molecule has 0 fully saturated rings. The largest absolute Gasteiger partial charge is 0.457 e. The van der Waals surface area contributed by atoms with E-state index in [-0.39, 0.29) is 5.75 Å². The minimum atomic E-state index is -2.92. The Morgan fingerprint density at radius 2 is 1.97 bits per heavy atom. The van der Waals surface area contributed by atoms with E-state index in [9.17, 15) is 18.4 Å². The molecule has 1 atom stereocenters. The van der Waals surface area contributed by atoms with Crippen LogP contribution >= 0.6 is 28.5 Å². The molecule has 0 aliphatic rings. The molecule has 0 radical (unpaired) electrons. The van der Waals surface area contributed by atoms with Crippen LogP contribution in [0.2, 0.25) is 0 Å². The summed E-state index contributed by atoms with van der Waals surface area (Å²) in [6.07, 6.45) is 2.88. The van der Waals surface area contributed by atoms with Gasteiger partial charge in [-0.1, -0.05) is 5.92 Å². The van der Waals surface area contributed by atoms with E-state index in [1.165, 1.54) is 12.4 Å². The second-order valence-corrected chi connectivity index (χ2v) is 9.74. The van der Waals surface area contributed by atoms with Crippen LogP contribution in [0.5, 0.6) is 11.5 Å². The number of hydrogen-bond acceptors (Lipinski definition) is 7. The van der Waals surface area contributed by atoms with Crippen molar-refractivity contribution in [3.8, 4) is 23.3 Å². The summed E-state index contributed by atoms with van der Waals surface area (Å²) in [5.41, 5.74) is 1.77.